The van der Waals surface area contributed by atoms with E-state index in [0.29, 0.717) is 17.0 Å². The van der Waals surface area contributed by atoms with Crippen LogP contribution in [0.5, 0.6) is 5.75 Å². The highest BCUT2D eigenvalue weighted by atomic mass is 32.2. The molecule has 35 heavy (non-hydrogen) atoms. The number of ether oxygens (including phenoxy) is 1. The molecule has 1 N–H and O–H groups in total. The van der Waals surface area contributed by atoms with E-state index < -0.39 is 31.9 Å². The van der Waals surface area contributed by atoms with E-state index in [0.717, 1.165) is 4.41 Å². The van der Waals surface area contributed by atoms with Crippen molar-refractivity contribution in [3.8, 4) is 5.75 Å². The van der Waals surface area contributed by atoms with Crippen molar-refractivity contribution in [3.05, 3.63) is 89.7 Å². The number of para-hydroxylation sites is 1. The predicted octanol–water partition coefficient (Wildman–Crippen LogP) is 4.14. The molecule has 4 rings (SSSR count). The van der Waals surface area contributed by atoms with Crippen LogP contribution < -0.4 is 9.46 Å². The highest BCUT2D eigenvalue weighted by molar-refractivity contribution is 7.92. The van der Waals surface area contributed by atoms with Crippen LogP contribution in [0, 0.1) is 5.82 Å². The number of benzene rings is 3. The van der Waals surface area contributed by atoms with Crippen LogP contribution in [0.15, 0.2) is 82.8 Å². The van der Waals surface area contributed by atoms with Gasteiger partial charge in [-0.25, -0.2) is 12.8 Å². The number of methoxy groups -OCH3 is 1. The normalized spacial score (nSPS) is 16.1. The van der Waals surface area contributed by atoms with E-state index in [1.54, 1.807) is 30.3 Å². The summed E-state index contributed by atoms with van der Waals surface area (Å²) in [4.78, 5) is -0.0374. The summed E-state index contributed by atoms with van der Waals surface area (Å²) in [6.45, 7) is 1.51. The third kappa shape index (κ3) is 5.01. The van der Waals surface area contributed by atoms with E-state index in [1.165, 1.54) is 56.5 Å². The van der Waals surface area contributed by atoms with Gasteiger partial charge in [0, 0.05) is 17.5 Å². The molecule has 184 valence electrons. The van der Waals surface area contributed by atoms with Gasteiger partial charge in [0.25, 0.3) is 10.0 Å². The fraction of sp³-hybridized carbons (Fsp3) is 0.208. The number of hydrazone groups is 1. The van der Waals surface area contributed by atoms with Gasteiger partial charge < -0.3 is 4.74 Å². The van der Waals surface area contributed by atoms with Crippen molar-refractivity contribution in [2.24, 2.45) is 5.10 Å². The average Bonchev–Trinajstić information content (AvgIpc) is 3.30. The van der Waals surface area contributed by atoms with Gasteiger partial charge in [-0.05, 0) is 43.3 Å². The number of hydrogen-bond donors (Lipinski definition) is 1. The van der Waals surface area contributed by atoms with Gasteiger partial charge in [0.05, 0.1) is 35.2 Å². The lowest BCUT2D eigenvalue weighted by Crippen LogP contribution is -2.27. The summed E-state index contributed by atoms with van der Waals surface area (Å²) in [6.07, 6.45) is 0.0428. The van der Waals surface area contributed by atoms with E-state index in [-0.39, 0.29) is 28.3 Å². The van der Waals surface area contributed by atoms with Crippen LogP contribution in [0.2, 0.25) is 0 Å². The van der Waals surface area contributed by atoms with Crippen molar-refractivity contribution in [3.63, 3.8) is 0 Å². The number of nitrogens with zero attached hydrogens (tertiary/aromatic N) is 2. The summed E-state index contributed by atoms with van der Waals surface area (Å²) in [5.74, 6) is -0.218. The van der Waals surface area contributed by atoms with Gasteiger partial charge in [0.2, 0.25) is 10.0 Å². The second-order valence-electron chi connectivity index (χ2n) is 7.79. The Morgan fingerprint density at radius 2 is 1.66 bits per heavy atom. The molecule has 3 aromatic carbocycles. The van der Waals surface area contributed by atoms with Crippen LogP contribution in [-0.2, 0) is 20.0 Å². The Hall–Kier alpha value is -3.44. The van der Waals surface area contributed by atoms with Crippen molar-refractivity contribution in [1.82, 2.24) is 4.41 Å². The molecular formula is C24H24FN3O5S2. The maximum atomic E-state index is 14.8. The number of nitrogens with one attached hydrogen (secondary N) is 1. The molecule has 3 aromatic rings. The van der Waals surface area contributed by atoms with Crippen LogP contribution in [0.4, 0.5) is 10.1 Å². The van der Waals surface area contributed by atoms with E-state index in [1.807, 2.05) is 0 Å². The monoisotopic (exact) mass is 517 g/mol. The van der Waals surface area contributed by atoms with Crippen LogP contribution in [0.3, 0.4) is 0 Å². The van der Waals surface area contributed by atoms with Gasteiger partial charge >= 0.3 is 0 Å². The topological polar surface area (TPSA) is 105 Å². The first-order valence-electron chi connectivity index (χ1n) is 10.8. The minimum absolute atomic E-state index is 0.0374. The number of sulfonamides is 2. The van der Waals surface area contributed by atoms with Crippen LogP contribution >= 0.6 is 0 Å². The lowest BCUT2D eigenvalue weighted by molar-refractivity contribution is 0.362. The molecule has 1 atom stereocenters. The SMILES string of the molecule is CCS(=O)(=O)Nc1ccccc1C1=NN(S(=O)(=O)c2ccc(OC)cc2)[C@@H](c2ccccc2F)C1. The fourth-order valence-corrected chi connectivity index (χ4v) is 5.85. The van der Waals surface area contributed by atoms with Gasteiger partial charge in [0.15, 0.2) is 0 Å². The molecule has 0 saturated heterocycles. The smallest absolute Gasteiger partial charge is 0.279 e. The number of halogens is 1. The zero-order chi connectivity index (χ0) is 25.2. The fourth-order valence-electron chi connectivity index (χ4n) is 3.77. The molecule has 0 aromatic heterocycles. The van der Waals surface area contributed by atoms with E-state index >= 15 is 0 Å². The number of rotatable bonds is 8. The van der Waals surface area contributed by atoms with Crippen LogP contribution in [0.1, 0.15) is 30.5 Å². The highest BCUT2D eigenvalue weighted by Crippen LogP contribution is 2.39. The highest BCUT2D eigenvalue weighted by Gasteiger charge is 2.39. The molecule has 8 nitrogen and oxygen atoms in total. The molecule has 0 spiro atoms. The summed E-state index contributed by atoms with van der Waals surface area (Å²) in [6, 6.07) is 17.3. The van der Waals surface area contributed by atoms with Crippen molar-refractivity contribution in [2.75, 3.05) is 17.6 Å². The van der Waals surface area contributed by atoms with E-state index in [9.17, 15) is 21.2 Å². The Labute approximate surface area is 204 Å². The number of anilines is 1. The second-order valence-corrected chi connectivity index (χ2v) is 11.6. The van der Waals surface area contributed by atoms with Crippen molar-refractivity contribution < 1.29 is 26.0 Å². The minimum atomic E-state index is -4.19. The Morgan fingerprint density at radius 1 is 1.00 bits per heavy atom. The Bertz CT molecular complexity index is 1470. The third-order valence-corrected chi connectivity index (χ3v) is 8.61. The molecule has 0 aliphatic carbocycles. The molecule has 0 fully saturated rings. The molecule has 0 saturated carbocycles. The number of hydrogen-bond acceptors (Lipinski definition) is 6. The van der Waals surface area contributed by atoms with Crippen LogP contribution in [0.25, 0.3) is 0 Å². The van der Waals surface area contributed by atoms with Gasteiger partial charge in [-0.1, -0.05) is 36.4 Å². The summed E-state index contributed by atoms with van der Waals surface area (Å²) >= 11 is 0. The molecule has 0 radical (unpaired) electrons. The maximum absolute atomic E-state index is 14.8. The Balaban J connectivity index is 1.83. The quantitative estimate of drug-likeness (QED) is 0.484. The second kappa shape index (κ2) is 9.67. The minimum Gasteiger partial charge on any atom is -0.497 e. The molecule has 1 aliphatic heterocycles. The van der Waals surface area contributed by atoms with E-state index in [4.69, 9.17) is 4.74 Å². The van der Waals surface area contributed by atoms with Gasteiger partial charge in [-0.3, -0.25) is 4.72 Å². The summed E-state index contributed by atoms with van der Waals surface area (Å²) < 4.78 is 75.0. The van der Waals surface area contributed by atoms with Crippen molar-refractivity contribution >= 4 is 31.4 Å². The summed E-state index contributed by atoms with van der Waals surface area (Å²) in [5.41, 5.74) is 1.15. The lowest BCUT2D eigenvalue weighted by Gasteiger charge is -2.23. The zero-order valence-corrected chi connectivity index (χ0v) is 20.7. The molecule has 0 bridgehead atoms. The third-order valence-electron chi connectivity index (χ3n) is 5.62. The zero-order valence-electron chi connectivity index (χ0n) is 19.0. The Morgan fingerprint density at radius 3 is 2.31 bits per heavy atom. The van der Waals surface area contributed by atoms with Crippen molar-refractivity contribution in [2.45, 2.75) is 24.3 Å². The lowest BCUT2D eigenvalue weighted by atomic mass is 9.98. The predicted molar refractivity (Wildman–Crippen MR) is 132 cm³/mol. The first-order valence-corrected chi connectivity index (χ1v) is 13.9. The molecule has 0 amide bonds. The maximum Gasteiger partial charge on any atom is 0.279 e. The summed E-state index contributed by atoms with van der Waals surface area (Å²) in [7, 11) is -6.31. The first-order chi connectivity index (χ1) is 16.7. The Kier molecular flexibility index (Phi) is 6.82. The van der Waals surface area contributed by atoms with E-state index in [2.05, 4.69) is 9.82 Å². The average molecular weight is 518 g/mol. The van der Waals surface area contributed by atoms with Crippen molar-refractivity contribution in [1.29, 1.82) is 0 Å². The van der Waals surface area contributed by atoms with Gasteiger partial charge in [-0.15, -0.1) is 0 Å². The largest absolute Gasteiger partial charge is 0.497 e. The summed E-state index contributed by atoms with van der Waals surface area (Å²) in [5, 5.41) is 4.39. The molecule has 1 heterocycles. The van der Waals surface area contributed by atoms with Gasteiger partial charge in [0.1, 0.15) is 11.6 Å². The molecule has 0 unspecified atom stereocenters. The van der Waals surface area contributed by atoms with Gasteiger partial charge in [-0.2, -0.15) is 17.9 Å². The van der Waals surface area contributed by atoms with Crippen LogP contribution in [-0.4, -0.2) is 39.8 Å². The molecule has 1 aliphatic rings. The molecular weight excluding hydrogens is 493 g/mol. The standard InChI is InChI=1S/C24H24FN3O5S2/c1-3-34(29,30)27-22-11-7-5-9-20(22)23-16-24(19-8-4-6-10-21(19)25)28(26-23)35(31,32)18-14-12-17(33-2)13-15-18/h4-15,24,27H,3,16H2,1-2H3/t24-/m1/s1. The molecule has 11 heteroatoms. The first kappa shape index (κ1) is 24.7.